The third-order valence-electron chi connectivity index (χ3n) is 5.09. The van der Waals surface area contributed by atoms with Gasteiger partial charge in [-0.25, -0.2) is 4.39 Å². The fourth-order valence-corrected chi connectivity index (χ4v) is 3.73. The van der Waals surface area contributed by atoms with Crippen molar-refractivity contribution in [3.05, 3.63) is 65.7 Å². The smallest absolute Gasteiger partial charge is 0.123 e. The van der Waals surface area contributed by atoms with Crippen molar-refractivity contribution >= 4 is 0 Å². The van der Waals surface area contributed by atoms with E-state index in [2.05, 4.69) is 16.0 Å². The Kier molecular flexibility index (Phi) is 6.16. The molecule has 0 aliphatic carbocycles. The average molecular weight is 342 g/mol. The Bertz CT molecular complexity index is 664. The number of aryl methyl sites for hydroxylation is 1. The van der Waals surface area contributed by atoms with Gasteiger partial charge in [-0.3, -0.25) is 9.88 Å². The minimum absolute atomic E-state index is 0.152. The van der Waals surface area contributed by atoms with Gasteiger partial charge in [0.25, 0.3) is 0 Å². The summed E-state index contributed by atoms with van der Waals surface area (Å²) in [5.41, 5.74) is 2.48. The predicted octanol–water partition coefficient (Wildman–Crippen LogP) is 4.08. The Morgan fingerprint density at radius 1 is 1.24 bits per heavy atom. The highest BCUT2D eigenvalue weighted by Gasteiger charge is 2.37. The number of rotatable bonds is 8. The second kappa shape index (κ2) is 8.54. The standard InChI is InChI=1S/C21H27FN2O/c1-2-25-17-21(9-8-18-5-3-7-20(22)13-18)10-12-24(16-21)15-19-6-4-11-23-14-19/h3-7,11,13-14H,2,8-10,12,15-17H2,1H3/t21-/m1/s1. The molecule has 0 radical (unpaired) electrons. The van der Waals surface area contributed by atoms with E-state index in [4.69, 9.17) is 4.74 Å². The monoisotopic (exact) mass is 342 g/mol. The predicted molar refractivity (Wildman–Crippen MR) is 97.8 cm³/mol. The topological polar surface area (TPSA) is 25.4 Å². The van der Waals surface area contributed by atoms with Crippen molar-refractivity contribution in [2.45, 2.75) is 32.7 Å². The van der Waals surface area contributed by atoms with E-state index in [0.29, 0.717) is 0 Å². The summed E-state index contributed by atoms with van der Waals surface area (Å²) < 4.78 is 19.2. The Balaban J connectivity index is 1.63. The number of hydrogen-bond acceptors (Lipinski definition) is 3. The number of benzene rings is 1. The molecule has 0 bridgehead atoms. The number of ether oxygens (including phenoxy) is 1. The highest BCUT2D eigenvalue weighted by molar-refractivity contribution is 5.17. The number of halogens is 1. The van der Waals surface area contributed by atoms with Crippen LogP contribution in [0.2, 0.25) is 0 Å². The van der Waals surface area contributed by atoms with Crippen molar-refractivity contribution in [2.75, 3.05) is 26.3 Å². The largest absolute Gasteiger partial charge is 0.381 e. The third kappa shape index (κ3) is 5.10. The quantitative estimate of drug-likeness (QED) is 0.723. The number of aromatic nitrogens is 1. The van der Waals surface area contributed by atoms with Crippen LogP contribution in [0.15, 0.2) is 48.8 Å². The summed E-state index contributed by atoms with van der Waals surface area (Å²) in [6, 6.07) is 11.1. The van der Waals surface area contributed by atoms with E-state index in [1.165, 1.54) is 11.6 Å². The van der Waals surface area contributed by atoms with Gasteiger partial charge >= 0.3 is 0 Å². The first kappa shape index (κ1) is 18.0. The Morgan fingerprint density at radius 2 is 2.12 bits per heavy atom. The zero-order chi connectivity index (χ0) is 17.5. The molecule has 0 saturated carbocycles. The SMILES string of the molecule is CCOC[C@]1(CCc2cccc(F)c2)CCN(Cc2cccnc2)C1. The minimum Gasteiger partial charge on any atom is -0.381 e. The zero-order valence-corrected chi connectivity index (χ0v) is 15.0. The number of pyridine rings is 1. The van der Waals surface area contributed by atoms with E-state index < -0.39 is 0 Å². The zero-order valence-electron chi connectivity index (χ0n) is 15.0. The molecule has 0 N–H and O–H groups in total. The van der Waals surface area contributed by atoms with Crippen LogP contribution >= 0.6 is 0 Å². The molecule has 1 aromatic heterocycles. The first-order valence-corrected chi connectivity index (χ1v) is 9.13. The maximum Gasteiger partial charge on any atom is 0.123 e. The minimum atomic E-state index is -0.152. The Morgan fingerprint density at radius 3 is 2.88 bits per heavy atom. The molecule has 3 nitrogen and oxygen atoms in total. The fourth-order valence-electron chi connectivity index (χ4n) is 3.73. The van der Waals surface area contributed by atoms with Crippen LogP contribution in [0.4, 0.5) is 4.39 Å². The summed E-state index contributed by atoms with van der Waals surface area (Å²) >= 11 is 0. The Labute approximate surface area is 149 Å². The van der Waals surface area contributed by atoms with Crippen molar-refractivity contribution in [3.63, 3.8) is 0 Å². The molecule has 1 aliphatic heterocycles. The molecule has 1 fully saturated rings. The van der Waals surface area contributed by atoms with Crippen molar-refractivity contribution in [3.8, 4) is 0 Å². The van der Waals surface area contributed by atoms with E-state index in [1.807, 2.05) is 31.5 Å². The molecule has 25 heavy (non-hydrogen) atoms. The molecule has 2 heterocycles. The molecule has 0 spiro atoms. The van der Waals surface area contributed by atoms with Gasteiger partial charge in [-0.1, -0.05) is 18.2 Å². The molecule has 134 valence electrons. The van der Waals surface area contributed by atoms with Crippen molar-refractivity contribution in [1.82, 2.24) is 9.88 Å². The van der Waals surface area contributed by atoms with Crippen LogP contribution in [-0.2, 0) is 17.7 Å². The Hall–Kier alpha value is -1.78. The lowest BCUT2D eigenvalue weighted by Gasteiger charge is -2.29. The van der Waals surface area contributed by atoms with Gasteiger partial charge in [-0.15, -0.1) is 0 Å². The van der Waals surface area contributed by atoms with Crippen LogP contribution in [0, 0.1) is 11.2 Å². The molecule has 4 heteroatoms. The molecular formula is C21H27FN2O. The number of hydrogen-bond donors (Lipinski definition) is 0. The van der Waals surface area contributed by atoms with Gasteiger partial charge in [0.15, 0.2) is 0 Å². The molecular weight excluding hydrogens is 315 g/mol. The second-order valence-corrected chi connectivity index (χ2v) is 7.09. The molecule has 1 saturated heterocycles. The van der Waals surface area contributed by atoms with E-state index in [-0.39, 0.29) is 11.2 Å². The maximum atomic E-state index is 13.4. The molecule has 1 atom stereocenters. The number of nitrogens with zero attached hydrogens (tertiary/aromatic N) is 2. The van der Waals surface area contributed by atoms with Crippen LogP contribution < -0.4 is 0 Å². The van der Waals surface area contributed by atoms with Crippen LogP contribution in [0.1, 0.15) is 30.9 Å². The molecule has 1 aliphatic rings. The van der Waals surface area contributed by atoms with E-state index >= 15 is 0 Å². The van der Waals surface area contributed by atoms with Gasteiger partial charge < -0.3 is 4.74 Å². The first-order valence-electron chi connectivity index (χ1n) is 9.13. The van der Waals surface area contributed by atoms with Crippen molar-refractivity contribution < 1.29 is 9.13 Å². The van der Waals surface area contributed by atoms with Gasteiger partial charge in [0.05, 0.1) is 6.61 Å². The lowest BCUT2D eigenvalue weighted by Crippen LogP contribution is -2.32. The van der Waals surface area contributed by atoms with Crippen LogP contribution in [0.25, 0.3) is 0 Å². The highest BCUT2D eigenvalue weighted by atomic mass is 19.1. The van der Waals surface area contributed by atoms with Crippen molar-refractivity contribution in [2.24, 2.45) is 5.41 Å². The summed E-state index contributed by atoms with van der Waals surface area (Å²) in [6.07, 6.45) is 6.80. The second-order valence-electron chi connectivity index (χ2n) is 7.09. The summed E-state index contributed by atoms with van der Waals surface area (Å²) in [6.45, 7) is 6.60. The third-order valence-corrected chi connectivity index (χ3v) is 5.09. The van der Waals surface area contributed by atoms with Crippen LogP contribution in [0.5, 0.6) is 0 Å². The highest BCUT2D eigenvalue weighted by Crippen LogP contribution is 2.36. The summed E-state index contributed by atoms with van der Waals surface area (Å²) in [5, 5.41) is 0. The molecule has 2 aromatic rings. The average Bonchev–Trinajstić information content (AvgIpc) is 3.03. The molecule has 1 aromatic carbocycles. The maximum absolute atomic E-state index is 13.4. The normalized spacial score (nSPS) is 20.9. The van der Waals surface area contributed by atoms with Gasteiger partial charge in [0.2, 0.25) is 0 Å². The van der Waals surface area contributed by atoms with Crippen LogP contribution in [0.3, 0.4) is 0 Å². The fraction of sp³-hybridized carbons (Fsp3) is 0.476. The summed E-state index contributed by atoms with van der Waals surface area (Å²) in [4.78, 5) is 6.70. The molecule has 0 amide bonds. The van der Waals surface area contributed by atoms with Crippen molar-refractivity contribution in [1.29, 1.82) is 0 Å². The van der Waals surface area contributed by atoms with Gasteiger partial charge in [0, 0.05) is 37.5 Å². The first-order chi connectivity index (χ1) is 12.2. The van der Waals surface area contributed by atoms with E-state index in [1.54, 1.807) is 12.1 Å². The van der Waals surface area contributed by atoms with E-state index in [0.717, 1.165) is 57.7 Å². The van der Waals surface area contributed by atoms with Gasteiger partial charge in [0.1, 0.15) is 5.82 Å². The molecule has 0 unspecified atom stereocenters. The summed E-state index contributed by atoms with van der Waals surface area (Å²) in [5.74, 6) is -0.152. The van der Waals surface area contributed by atoms with Gasteiger partial charge in [-0.2, -0.15) is 0 Å². The van der Waals surface area contributed by atoms with Crippen LogP contribution in [-0.4, -0.2) is 36.2 Å². The van der Waals surface area contributed by atoms with Gasteiger partial charge in [-0.05, 0) is 62.1 Å². The summed E-state index contributed by atoms with van der Waals surface area (Å²) in [7, 11) is 0. The molecule has 3 rings (SSSR count). The lowest BCUT2D eigenvalue weighted by molar-refractivity contribution is 0.0489. The lowest BCUT2D eigenvalue weighted by atomic mass is 9.82. The number of likely N-dealkylation sites (tertiary alicyclic amines) is 1. The van der Waals surface area contributed by atoms with E-state index in [9.17, 15) is 4.39 Å².